The number of rotatable bonds is 4. The average molecular weight is 249 g/mol. The number of ether oxygens (including phenoxy) is 1. The number of carbonyl (C=O) groups is 1. The predicted molar refractivity (Wildman–Crippen MR) is 69.9 cm³/mol. The van der Waals surface area contributed by atoms with Gasteiger partial charge in [-0.3, -0.25) is 4.99 Å². The van der Waals surface area contributed by atoms with Gasteiger partial charge in [0.1, 0.15) is 5.82 Å². The minimum absolute atomic E-state index is 0.0828. The fraction of sp³-hybridized carbons (Fsp3) is 0.286. The first-order valence-electron chi connectivity index (χ1n) is 5.70. The maximum Gasteiger partial charge on any atom is 0.340 e. The lowest BCUT2D eigenvalue weighted by molar-refractivity contribution is 0.0595. The van der Waals surface area contributed by atoms with Crippen LogP contribution in [0.5, 0.6) is 0 Å². The molecule has 0 spiro atoms. The summed E-state index contributed by atoms with van der Waals surface area (Å²) in [6.07, 6.45) is 4.50. The average Bonchev–Trinajstić information content (AvgIpc) is 2.37. The molecule has 18 heavy (non-hydrogen) atoms. The standard InChI is InChI=1S/C14H16FNO2/c1-4-6-10(5-2)16-11-7-8-12(13(15)9-11)14(17)18-3/h4,6-9H,5H2,1-3H3/b6-4-,16-10?. The van der Waals surface area contributed by atoms with Gasteiger partial charge in [0.2, 0.25) is 0 Å². The second-order valence-corrected chi connectivity index (χ2v) is 3.61. The molecule has 0 aromatic heterocycles. The number of nitrogens with zero attached hydrogens (tertiary/aromatic N) is 1. The molecule has 1 aromatic rings. The lowest BCUT2D eigenvalue weighted by Crippen LogP contribution is -2.03. The van der Waals surface area contributed by atoms with Crippen molar-refractivity contribution in [2.24, 2.45) is 4.99 Å². The highest BCUT2D eigenvalue weighted by Gasteiger charge is 2.11. The third-order valence-electron chi connectivity index (χ3n) is 2.35. The van der Waals surface area contributed by atoms with Crippen LogP contribution in [0.2, 0.25) is 0 Å². The van der Waals surface area contributed by atoms with Gasteiger partial charge < -0.3 is 4.74 Å². The molecule has 0 unspecified atom stereocenters. The fourth-order valence-electron chi connectivity index (χ4n) is 1.44. The van der Waals surface area contributed by atoms with Crippen molar-refractivity contribution in [3.8, 4) is 0 Å². The smallest absolute Gasteiger partial charge is 0.340 e. The first kappa shape index (κ1) is 14.1. The van der Waals surface area contributed by atoms with Crippen molar-refractivity contribution in [2.45, 2.75) is 20.3 Å². The van der Waals surface area contributed by atoms with Crippen molar-refractivity contribution in [1.82, 2.24) is 0 Å². The molecular weight excluding hydrogens is 233 g/mol. The van der Waals surface area contributed by atoms with Crippen LogP contribution in [-0.2, 0) is 4.74 Å². The first-order chi connectivity index (χ1) is 8.62. The molecule has 0 aliphatic heterocycles. The molecule has 0 fully saturated rings. The van der Waals surface area contributed by atoms with Gasteiger partial charge in [-0.25, -0.2) is 9.18 Å². The molecule has 3 nitrogen and oxygen atoms in total. The second kappa shape index (κ2) is 6.69. The van der Waals surface area contributed by atoms with Crippen LogP contribution < -0.4 is 0 Å². The lowest BCUT2D eigenvalue weighted by Gasteiger charge is -2.03. The Balaban J connectivity index is 3.08. The van der Waals surface area contributed by atoms with Gasteiger partial charge in [0, 0.05) is 11.8 Å². The normalized spacial score (nSPS) is 11.9. The van der Waals surface area contributed by atoms with E-state index in [1.165, 1.54) is 19.2 Å². The third-order valence-corrected chi connectivity index (χ3v) is 2.35. The van der Waals surface area contributed by atoms with E-state index in [4.69, 9.17) is 0 Å². The van der Waals surface area contributed by atoms with Crippen LogP contribution in [0.4, 0.5) is 10.1 Å². The zero-order valence-electron chi connectivity index (χ0n) is 10.7. The van der Waals surface area contributed by atoms with E-state index < -0.39 is 11.8 Å². The molecule has 0 bridgehead atoms. The van der Waals surface area contributed by atoms with E-state index in [0.29, 0.717) is 5.69 Å². The Hall–Kier alpha value is -1.97. The summed E-state index contributed by atoms with van der Waals surface area (Å²) in [7, 11) is 1.22. The van der Waals surface area contributed by atoms with Gasteiger partial charge in [0.05, 0.1) is 18.4 Å². The lowest BCUT2D eigenvalue weighted by atomic mass is 10.2. The molecule has 0 saturated carbocycles. The van der Waals surface area contributed by atoms with Crippen LogP contribution in [0.25, 0.3) is 0 Å². The van der Waals surface area contributed by atoms with E-state index in [-0.39, 0.29) is 5.56 Å². The predicted octanol–water partition coefficient (Wildman–Crippen LogP) is 3.67. The summed E-state index contributed by atoms with van der Waals surface area (Å²) in [6.45, 7) is 3.87. The Morgan fingerprint density at radius 1 is 1.50 bits per heavy atom. The van der Waals surface area contributed by atoms with E-state index in [0.717, 1.165) is 12.1 Å². The Kier molecular flexibility index (Phi) is 5.24. The van der Waals surface area contributed by atoms with Gasteiger partial charge in [-0.15, -0.1) is 0 Å². The highest BCUT2D eigenvalue weighted by molar-refractivity contribution is 5.96. The van der Waals surface area contributed by atoms with Gasteiger partial charge in [0.15, 0.2) is 0 Å². The zero-order valence-corrected chi connectivity index (χ0v) is 10.7. The number of hydrogen-bond acceptors (Lipinski definition) is 3. The molecule has 0 aliphatic carbocycles. The summed E-state index contributed by atoms with van der Waals surface area (Å²) in [5, 5.41) is 0. The number of methoxy groups -OCH3 is 1. The van der Waals surface area contributed by atoms with Crippen LogP contribution in [-0.4, -0.2) is 18.8 Å². The van der Waals surface area contributed by atoms with Crippen molar-refractivity contribution in [3.05, 3.63) is 41.7 Å². The zero-order chi connectivity index (χ0) is 13.5. The number of allylic oxidation sites excluding steroid dienone is 2. The van der Waals surface area contributed by atoms with E-state index in [2.05, 4.69) is 9.73 Å². The number of aliphatic imine (C=N–C) groups is 1. The molecular formula is C14H16FNO2. The minimum Gasteiger partial charge on any atom is -0.465 e. The number of carbonyl (C=O) groups excluding carboxylic acids is 1. The van der Waals surface area contributed by atoms with E-state index in [1.807, 2.05) is 26.0 Å². The van der Waals surface area contributed by atoms with E-state index in [1.54, 1.807) is 6.07 Å². The van der Waals surface area contributed by atoms with E-state index >= 15 is 0 Å². The Morgan fingerprint density at radius 2 is 2.22 bits per heavy atom. The van der Waals surface area contributed by atoms with Crippen molar-refractivity contribution < 1.29 is 13.9 Å². The molecule has 0 aliphatic rings. The van der Waals surface area contributed by atoms with Crippen molar-refractivity contribution in [1.29, 1.82) is 0 Å². The van der Waals surface area contributed by atoms with Crippen LogP contribution in [0.15, 0.2) is 35.3 Å². The molecule has 1 rings (SSSR count). The third kappa shape index (κ3) is 3.52. The number of benzene rings is 1. The van der Waals surface area contributed by atoms with Crippen molar-refractivity contribution in [3.63, 3.8) is 0 Å². The molecule has 0 atom stereocenters. The Labute approximate surface area is 106 Å². The number of halogens is 1. The second-order valence-electron chi connectivity index (χ2n) is 3.61. The molecule has 0 heterocycles. The summed E-state index contributed by atoms with van der Waals surface area (Å²) in [4.78, 5) is 15.5. The summed E-state index contributed by atoms with van der Waals surface area (Å²) < 4.78 is 18.1. The SMILES string of the molecule is C/C=C\C(CC)=Nc1ccc(C(=O)OC)c(F)c1. The maximum atomic E-state index is 13.6. The molecule has 4 heteroatoms. The summed E-state index contributed by atoms with van der Waals surface area (Å²) in [6, 6.07) is 4.20. The highest BCUT2D eigenvalue weighted by Crippen LogP contribution is 2.18. The monoisotopic (exact) mass is 249 g/mol. The van der Waals surface area contributed by atoms with Gasteiger partial charge >= 0.3 is 5.97 Å². The van der Waals surface area contributed by atoms with Crippen molar-refractivity contribution >= 4 is 17.4 Å². The molecule has 0 radical (unpaired) electrons. The molecule has 0 saturated heterocycles. The van der Waals surface area contributed by atoms with Crippen LogP contribution in [0, 0.1) is 5.82 Å². The van der Waals surface area contributed by atoms with Crippen LogP contribution in [0.3, 0.4) is 0 Å². The molecule has 0 amide bonds. The van der Waals surface area contributed by atoms with Gasteiger partial charge in [0.25, 0.3) is 0 Å². The quantitative estimate of drug-likeness (QED) is 0.603. The fourth-order valence-corrected chi connectivity index (χ4v) is 1.44. The Morgan fingerprint density at radius 3 is 2.72 bits per heavy atom. The molecule has 1 aromatic carbocycles. The first-order valence-corrected chi connectivity index (χ1v) is 5.70. The topological polar surface area (TPSA) is 38.7 Å². The van der Waals surface area contributed by atoms with Crippen LogP contribution >= 0.6 is 0 Å². The summed E-state index contributed by atoms with van der Waals surface area (Å²) >= 11 is 0. The number of hydrogen-bond donors (Lipinski definition) is 0. The van der Waals surface area contributed by atoms with Crippen molar-refractivity contribution in [2.75, 3.05) is 7.11 Å². The minimum atomic E-state index is -0.688. The molecule has 96 valence electrons. The highest BCUT2D eigenvalue weighted by atomic mass is 19.1. The largest absolute Gasteiger partial charge is 0.465 e. The summed E-state index contributed by atoms with van der Waals surface area (Å²) in [5.74, 6) is -1.31. The number of esters is 1. The summed E-state index contributed by atoms with van der Waals surface area (Å²) in [5.41, 5.74) is 1.25. The molecule has 0 N–H and O–H groups in total. The van der Waals surface area contributed by atoms with E-state index in [9.17, 15) is 9.18 Å². The van der Waals surface area contributed by atoms with Gasteiger partial charge in [-0.2, -0.15) is 0 Å². The Bertz CT molecular complexity index is 493. The van der Waals surface area contributed by atoms with Crippen LogP contribution in [0.1, 0.15) is 30.6 Å². The van der Waals surface area contributed by atoms with Gasteiger partial charge in [-0.1, -0.05) is 13.0 Å². The maximum absolute atomic E-state index is 13.6. The van der Waals surface area contributed by atoms with Gasteiger partial charge in [-0.05, 0) is 31.6 Å².